The number of carbonyl (C=O) groups excluding carboxylic acids is 1. The highest BCUT2D eigenvalue weighted by molar-refractivity contribution is 7.92. The van der Waals surface area contributed by atoms with Crippen LogP contribution < -0.4 is 19.5 Å². The summed E-state index contributed by atoms with van der Waals surface area (Å²) in [4.78, 5) is 12.8. The lowest BCUT2D eigenvalue weighted by Crippen LogP contribution is -2.27. The van der Waals surface area contributed by atoms with Gasteiger partial charge in [-0.2, -0.15) is 0 Å². The first kappa shape index (κ1) is 22.7. The number of rotatable bonds is 6. The van der Waals surface area contributed by atoms with Gasteiger partial charge in [0.1, 0.15) is 13.2 Å². The van der Waals surface area contributed by atoms with E-state index in [9.17, 15) is 13.2 Å². The van der Waals surface area contributed by atoms with E-state index in [0.717, 1.165) is 16.7 Å². The number of amides is 1. The molecule has 4 rings (SSSR count). The van der Waals surface area contributed by atoms with Crippen molar-refractivity contribution in [2.75, 3.05) is 17.9 Å². The number of carbonyl (C=O) groups is 1. The molecule has 0 bridgehead atoms. The van der Waals surface area contributed by atoms with Crippen molar-refractivity contribution in [1.82, 2.24) is 5.32 Å². The maximum absolute atomic E-state index is 12.8. The van der Waals surface area contributed by atoms with Crippen LogP contribution in [0.1, 0.15) is 40.0 Å². The van der Waals surface area contributed by atoms with E-state index in [4.69, 9.17) is 9.47 Å². The molecule has 172 valence electrons. The molecular weight excluding hydrogens is 440 g/mol. The molecular formula is C25H26N2O5S. The summed E-state index contributed by atoms with van der Waals surface area (Å²) in [7, 11) is -3.78. The fourth-order valence-electron chi connectivity index (χ4n) is 3.54. The second-order valence-electron chi connectivity index (χ2n) is 7.98. The van der Waals surface area contributed by atoms with Crippen LogP contribution in [0.15, 0.2) is 65.6 Å². The first-order valence-electron chi connectivity index (χ1n) is 10.6. The zero-order chi connectivity index (χ0) is 23.6. The Hall–Kier alpha value is -3.52. The molecule has 1 atom stereocenters. The quantitative estimate of drug-likeness (QED) is 0.563. The first-order chi connectivity index (χ1) is 15.7. The van der Waals surface area contributed by atoms with Crippen molar-refractivity contribution in [2.45, 2.75) is 31.7 Å². The third-order valence-electron chi connectivity index (χ3n) is 5.69. The van der Waals surface area contributed by atoms with Crippen molar-refractivity contribution >= 4 is 21.6 Å². The fraction of sp³-hybridized carbons (Fsp3) is 0.240. The topological polar surface area (TPSA) is 93.7 Å². The van der Waals surface area contributed by atoms with Crippen LogP contribution in [0.25, 0.3) is 0 Å². The van der Waals surface area contributed by atoms with Gasteiger partial charge >= 0.3 is 0 Å². The van der Waals surface area contributed by atoms with Crippen molar-refractivity contribution in [3.05, 3.63) is 82.9 Å². The van der Waals surface area contributed by atoms with E-state index in [1.807, 2.05) is 45.0 Å². The summed E-state index contributed by atoms with van der Waals surface area (Å²) in [6, 6.07) is 16.6. The van der Waals surface area contributed by atoms with Crippen LogP contribution in [0.5, 0.6) is 11.5 Å². The molecule has 1 amide bonds. The van der Waals surface area contributed by atoms with Gasteiger partial charge in [-0.25, -0.2) is 8.42 Å². The molecule has 1 aliphatic heterocycles. The Morgan fingerprint density at radius 1 is 0.939 bits per heavy atom. The molecule has 8 heteroatoms. The molecule has 33 heavy (non-hydrogen) atoms. The Kier molecular flexibility index (Phi) is 6.29. The van der Waals surface area contributed by atoms with Crippen molar-refractivity contribution in [3.8, 4) is 11.5 Å². The number of hydrogen-bond donors (Lipinski definition) is 2. The van der Waals surface area contributed by atoms with Gasteiger partial charge in [-0.3, -0.25) is 9.52 Å². The van der Waals surface area contributed by atoms with E-state index in [1.54, 1.807) is 12.1 Å². The lowest BCUT2D eigenvalue weighted by Gasteiger charge is -2.21. The Balaban J connectivity index is 1.45. The number of sulfonamides is 1. The van der Waals surface area contributed by atoms with Crippen LogP contribution in [0.4, 0.5) is 5.69 Å². The fourth-order valence-corrected chi connectivity index (χ4v) is 4.67. The van der Waals surface area contributed by atoms with E-state index in [2.05, 4.69) is 10.0 Å². The molecule has 3 aromatic rings. The number of aryl methyl sites for hydroxylation is 1. The molecule has 1 aliphatic rings. The third kappa shape index (κ3) is 4.96. The lowest BCUT2D eigenvalue weighted by molar-refractivity contribution is 0.0939. The number of hydrogen-bond acceptors (Lipinski definition) is 5. The Morgan fingerprint density at radius 2 is 1.64 bits per heavy atom. The second-order valence-corrected chi connectivity index (χ2v) is 9.66. The standard InChI is InChI=1S/C25H26N2O5S/c1-16-5-4-6-22(17(16)2)27-33(29,30)21-10-7-19(8-11-21)25(28)26-18(3)20-9-12-23-24(15-20)32-14-13-31-23/h4-12,15,18,27H,13-14H2,1-3H3,(H,26,28). The minimum absolute atomic E-state index is 0.0832. The number of benzene rings is 3. The summed E-state index contributed by atoms with van der Waals surface area (Å²) in [5, 5.41) is 2.93. The normalized spacial score (nSPS) is 13.8. The molecule has 3 aromatic carbocycles. The molecule has 7 nitrogen and oxygen atoms in total. The summed E-state index contributed by atoms with van der Waals surface area (Å²) in [5.74, 6) is 1.05. The average Bonchev–Trinajstić information content (AvgIpc) is 2.81. The van der Waals surface area contributed by atoms with Crippen molar-refractivity contribution in [1.29, 1.82) is 0 Å². The summed E-state index contributed by atoms with van der Waals surface area (Å²) < 4.78 is 39.3. The van der Waals surface area contributed by atoms with Gasteiger partial charge < -0.3 is 14.8 Å². The summed E-state index contributed by atoms with van der Waals surface area (Å²) in [5.41, 5.74) is 3.64. The van der Waals surface area contributed by atoms with E-state index in [0.29, 0.717) is 36.0 Å². The minimum Gasteiger partial charge on any atom is -0.486 e. The number of anilines is 1. The van der Waals surface area contributed by atoms with E-state index in [1.165, 1.54) is 24.3 Å². The van der Waals surface area contributed by atoms with E-state index in [-0.39, 0.29) is 16.8 Å². The summed E-state index contributed by atoms with van der Waals surface area (Å²) in [6.45, 7) is 6.67. The van der Waals surface area contributed by atoms with Gasteiger partial charge in [-0.15, -0.1) is 0 Å². The van der Waals surface area contributed by atoms with Crippen molar-refractivity contribution in [3.63, 3.8) is 0 Å². The van der Waals surface area contributed by atoms with Gasteiger partial charge in [0.05, 0.1) is 16.6 Å². The van der Waals surface area contributed by atoms with Crippen LogP contribution in [-0.2, 0) is 10.0 Å². The SMILES string of the molecule is Cc1cccc(NS(=O)(=O)c2ccc(C(=O)NC(C)c3ccc4c(c3)OCCO4)cc2)c1C. The molecule has 0 saturated carbocycles. The van der Waals surface area contributed by atoms with E-state index < -0.39 is 10.0 Å². The first-order valence-corrected chi connectivity index (χ1v) is 12.1. The van der Waals surface area contributed by atoms with Crippen molar-refractivity contribution in [2.24, 2.45) is 0 Å². The summed E-state index contributed by atoms with van der Waals surface area (Å²) >= 11 is 0. The molecule has 0 aliphatic carbocycles. The largest absolute Gasteiger partial charge is 0.486 e. The molecule has 0 saturated heterocycles. The van der Waals surface area contributed by atoms with Crippen LogP contribution >= 0.6 is 0 Å². The highest BCUT2D eigenvalue weighted by atomic mass is 32.2. The zero-order valence-electron chi connectivity index (χ0n) is 18.7. The molecule has 0 spiro atoms. The maximum atomic E-state index is 12.8. The van der Waals surface area contributed by atoms with Crippen molar-refractivity contribution < 1.29 is 22.7 Å². The highest BCUT2D eigenvalue weighted by Crippen LogP contribution is 2.32. The molecule has 1 heterocycles. The third-order valence-corrected chi connectivity index (χ3v) is 7.07. The van der Waals surface area contributed by atoms with Gasteiger partial charge in [-0.05, 0) is 79.9 Å². The molecule has 2 N–H and O–H groups in total. The molecule has 0 fully saturated rings. The van der Waals surface area contributed by atoms with E-state index >= 15 is 0 Å². The van der Waals surface area contributed by atoms with Crippen LogP contribution in [0.2, 0.25) is 0 Å². The zero-order valence-corrected chi connectivity index (χ0v) is 19.5. The smallest absolute Gasteiger partial charge is 0.261 e. The van der Waals surface area contributed by atoms with Gasteiger partial charge in [0.25, 0.3) is 15.9 Å². The maximum Gasteiger partial charge on any atom is 0.261 e. The van der Waals surface area contributed by atoms with Gasteiger partial charge in [0.15, 0.2) is 11.5 Å². The van der Waals surface area contributed by atoms with Gasteiger partial charge in [-0.1, -0.05) is 18.2 Å². The van der Waals surface area contributed by atoms with Crippen LogP contribution in [-0.4, -0.2) is 27.5 Å². The summed E-state index contributed by atoms with van der Waals surface area (Å²) in [6.07, 6.45) is 0. The molecule has 1 unspecified atom stereocenters. The lowest BCUT2D eigenvalue weighted by atomic mass is 10.1. The number of ether oxygens (including phenoxy) is 2. The van der Waals surface area contributed by atoms with Crippen LogP contribution in [0, 0.1) is 13.8 Å². The number of nitrogens with one attached hydrogen (secondary N) is 2. The highest BCUT2D eigenvalue weighted by Gasteiger charge is 2.19. The predicted octanol–water partition coefficient (Wildman–Crippen LogP) is 4.37. The Bertz CT molecular complexity index is 1290. The van der Waals surface area contributed by atoms with Gasteiger partial charge in [0, 0.05) is 5.56 Å². The predicted molar refractivity (Wildman–Crippen MR) is 126 cm³/mol. The molecule has 0 aromatic heterocycles. The average molecular weight is 467 g/mol. The monoisotopic (exact) mass is 466 g/mol. The van der Waals surface area contributed by atoms with Crippen LogP contribution in [0.3, 0.4) is 0 Å². The van der Waals surface area contributed by atoms with Gasteiger partial charge in [0.2, 0.25) is 0 Å². The Morgan fingerprint density at radius 3 is 2.36 bits per heavy atom. The minimum atomic E-state index is -3.78. The Labute approximate surface area is 193 Å². The number of fused-ring (bicyclic) bond motifs is 1. The second kappa shape index (κ2) is 9.15. The molecule has 0 radical (unpaired) electrons.